The monoisotopic (exact) mass is 502 g/mol. The lowest BCUT2D eigenvalue weighted by atomic mass is 9.97. The Balaban J connectivity index is 1.23. The van der Waals surface area contributed by atoms with Crippen molar-refractivity contribution in [2.24, 2.45) is 0 Å². The number of aromatic nitrogens is 3. The number of hydrogen-bond donors (Lipinski definition) is 1. The number of carboxylic acid groups (broad SMARTS) is 1. The summed E-state index contributed by atoms with van der Waals surface area (Å²) in [5.41, 5.74) is 6.41. The molecule has 1 fully saturated rings. The summed E-state index contributed by atoms with van der Waals surface area (Å²) in [5.74, 6) is 1.62. The molecule has 1 atom stereocenters. The molecule has 0 aliphatic carbocycles. The van der Waals surface area contributed by atoms with Crippen LogP contribution in [0, 0.1) is 13.8 Å². The molecule has 2 aromatic carbocycles. The number of imidazole rings is 1. The predicted molar refractivity (Wildman–Crippen MR) is 136 cm³/mol. The lowest BCUT2D eigenvalue weighted by molar-refractivity contribution is -0.0592. The number of ether oxygens (including phenoxy) is 2. The molecule has 0 spiro atoms. The highest BCUT2D eigenvalue weighted by atomic mass is 16.5. The van der Waals surface area contributed by atoms with Crippen LogP contribution in [0.4, 0.5) is 0 Å². The van der Waals surface area contributed by atoms with Crippen molar-refractivity contribution in [2.45, 2.75) is 59.0 Å². The van der Waals surface area contributed by atoms with E-state index in [1.54, 1.807) is 18.2 Å². The lowest BCUT2D eigenvalue weighted by Crippen LogP contribution is -2.34. The molecule has 4 heterocycles. The molecule has 0 saturated carbocycles. The van der Waals surface area contributed by atoms with Crippen molar-refractivity contribution in [3.63, 3.8) is 0 Å². The Hall–Kier alpha value is -3.69. The second-order valence-corrected chi connectivity index (χ2v) is 9.99. The van der Waals surface area contributed by atoms with E-state index in [0.29, 0.717) is 19.7 Å². The Morgan fingerprint density at radius 2 is 2.05 bits per heavy atom. The van der Waals surface area contributed by atoms with Crippen LogP contribution >= 0.6 is 0 Å². The summed E-state index contributed by atoms with van der Waals surface area (Å²) in [6.07, 6.45) is 2.10. The maximum Gasteiger partial charge on any atom is 0.335 e. The zero-order chi connectivity index (χ0) is 25.5. The average Bonchev–Trinajstić information content (AvgIpc) is 3.42. The number of hydrogen-bond acceptors (Lipinski definition) is 7. The third-order valence-corrected chi connectivity index (χ3v) is 7.26. The molecule has 0 unspecified atom stereocenters. The molecule has 9 heteroatoms. The van der Waals surface area contributed by atoms with Gasteiger partial charge in [0.05, 0.1) is 35.8 Å². The second kappa shape index (κ2) is 9.64. The van der Waals surface area contributed by atoms with Gasteiger partial charge in [0.1, 0.15) is 29.6 Å². The Labute approximate surface area is 214 Å². The summed E-state index contributed by atoms with van der Waals surface area (Å²) < 4.78 is 19.1. The van der Waals surface area contributed by atoms with E-state index in [2.05, 4.69) is 33.7 Å². The molecule has 37 heavy (non-hydrogen) atoms. The van der Waals surface area contributed by atoms with Crippen LogP contribution in [0.3, 0.4) is 0 Å². The fourth-order valence-corrected chi connectivity index (χ4v) is 5.16. The zero-order valence-electron chi connectivity index (χ0n) is 21.1. The van der Waals surface area contributed by atoms with Crippen LogP contribution in [-0.4, -0.2) is 49.9 Å². The van der Waals surface area contributed by atoms with Crippen LogP contribution in [0.2, 0.25) is 0 Å². The molecule has 9 nitrogen and oxygen atoms in total. The summed E-state index contributed by atoms with van der Waals surface area (Å²) in [7, 11) is 0. The van der Waals surface area contributed by atoms with Crippen LogP contribution in [0.5, 0.6) is 5.75 Å². The van der Waals surface area contributed by atoms with Gasteiger partial charge in [-0.05, 0) is 67.6 Å². The molecule has 0 radical (unpaired) electrons. The van der Waals surface area contributed by atoms with Gasteiger partial charge in [0.15, 0.2) is 0 Å². The van der Waals surface area contributed by atoms with Crippen LogP contribution in [0.15, 0.2) is 40.9 Å². The Morgan fingerprint density at radius 3 is 2.78 bits per heavy atom. The third kappa shape index (κ3) is 4.84. The molecule has 2 aliphatic rings. The van der Waals surface area contributed by atoms with Gasteiger partial charge >= 0.3 is 5.97 Å². The highest BCUT2D eigenvalue weighted by Gasteiger charge is 2.25. The lowest BCUT2D eigenvalue weighted by Gasteiger charge is -2.31. The summed E-state index contributed by atoms with van der Waals surface area (Å²) in [5, 5.41) is 13.5. The molecular weight excluding hydrogens is 472 g/mol. The molecule has 6 rings (SSSR count). The first kappa shape index (κ1) is 23.7. The molecular formula is C28H30N4O5. The van der Waals surface area contributed by atoms with E-state index < -0.39 is 5.97 Å². The van der Waals surface area contributed by atoms with Crippen LogP contribution in [0.1, 0.15) is 50.7 Å². The number of benzene rings is 2. The van der Waals surface area contributed by atoms with Gasteiger partial charge in [-0.3, -0.25) is 4.90 Å². The molecule has 192 valence electrons. The minimum Gasteiger partial charge on any atom is -0.487 e. The Kier molecular flexibility index (Phi) is 6.18. The number of carboxylic acids is 1. The Bertz CT molecular complexity index is 1470. The van der Waals surface area contributed by atoms with Gasteiger partial charge in [-0.1, -0.05) is 11.2 Å². The highest BCUT2D eigenvalue weighted by Crippen LogP contribution is 2.30. The van der Waals surface area contributed by atoms with Crippen LogP contribution < -0.4 is 4.74 Å². The van der Waals surface area contributed by atoms with Crippen molar-refractivity contribution >= 4 is 17.0 Å². The standard InChI is InChI=1S/C28H30N4O5/c1-17-9-19-5-7-31(13-21(19)12-26(17)36-16-22-10-18(2)37-30-22)15-27-29-24-4-3-20(28(33)34)11-25(24)32(27)14-23-6-8-35-23/h3-4,9-12,23H,5-8,13-16H2,1-2H3,(H,33,34)/t23-/m0/s1. The smallest absolute Gasteiger partial charge is 0.335 e. The number of aromatic carboxylic acids is 1. The van der Waals surface area contributed by atoms with Gasteiger partial charge in [-0.2, -0.15) is 0 Å². The first-order chi connectivity index (χ1) is 17.9. The molecule has 1 N–H and O–H groups in total. The van der Waals surface area contributed by atoms with Gasteiger partial charge < -0.3 is 23.7 Å². The van der Waals surface area contributed by atoms with Crippen molar-refractivity contribution in [3.8, 4) is 5.75 Å². The summed E-state index contributed by atoms with van der Waals surface area (Å²) in [6, 6.07) is 11.4. The Morgan fingerprint density at radius 1 is 1.19 bits per heavy atom. The van der Waals surface area contributed by atoms with Crippen LogP contribution in [0.25, 0.3) is 11.0 Å². The first-order valence-electron chi connectivity index (χ1n) is 12.7. The first-order valence-corrected chi connectivity index (χ1v) is 12.7. The predicted octanol–water partition coefficient (Wildman–Crippen LogP) is 4.27. The zero-order valence-corrected chi connectivity index (χ0v) is 21.1. The minimum absolute atomic E-state index is 0.142. The van der Waals surface area contributed by atoms with Crippen molar-refractivity contribution < 1.29 is 23.9 Å². The molecule has 4 aromatic rings. The van der Waals surface area contributed by atoms with E-state index >= 15 is 0 Å². The number of nitrogens with zero attached hydrogens (tertiary/aromatic N) is 4. The van der Waals surface area contributed by atoms with Crippen molar-refractivity contribution in [2.75, 3.05) is 13.2 Å². The van der Waals surface area contributed by atoms with E-state index in [9.17, 15) is 9.90 Å². The maximum absolute atomic E-state index is 11.6. The minimum atomic E-state index is -0.935. The topological polar surface area (TPSA) is 103 Å². The highest BCUT2D eigenvalue weighted by molar-refractivity contribution is 5.92. The molecule has 1 saturated heterocycles. The second-order valence-electron chi connectivity index (χ2n) is 9.99. The maximum atomic E-state index is 11.6. The summed E-state index contributed by atoms with van der Waals surface area (Å²) in [6.45, 7) is 8.15. The number of fused-ring (bicyclic) bond motifs is 2. The van der Waals surface area contributed by atoms with E-state index in [1.807, 2.05) is 13.0 Å². The normalized spacial score (nSPS) is 17.5. The van der Waals surface area contributed by atoms with Gasteiger partial charge in [0, 0.05) is 25.8 Å². The number of carbonyl (C=O) groups is 1. The van der Waals surface area contributed by atoms with Crippen molar-refractivity contribution in [1.29, 1.82) is 0 Å². The molecule has 0 amide bonds. The number of rotatable bonds is 8. The SMILES string of the molecule is Cc1cc(COc2cc3c(cc2C)CCN(Cc2nc4ccc(C(=O)O)cc4n2C[C@@H]2CCO2)C3)no1. The molecule has 0 bridgehead atoms. The third-order valence-electron chi connectivity index (χ3n) is 7.26. The fourth-order valence-electron chi connectivity index (χ4n) is 5.16. The van der Waals surface area contributed by atoms with E-state index in [0.717, 1.165) is 72.2 Å². The van der Waals surface area contributed by atoms with Crippen LogP contribution in [-0.2, 0) is 37.4 Å². The van der Waals surface area contributed by atoms with Gasteiger partial charge in [-0.15, -0.1) is 0 Å². The largest absolute Gasteiger partial charge is 0.487 e. The van der Waals surface area contributed by atoms with E-state index in [-0.39, 0.29) is 11.7 Å². The summed E-state index contributed by atoms with van der Waals surface area (Å²) >= 11 is 0. The molecule has 2 aromatic heterocycles. The van der Waals surface area contributed by atoms with E-state index in [4.69, 9.17) is 19.0 Å². The van der Waals surface area contributed by atoms with Crippen molar-refractivity contribution in [1.82, 2.24) is 19.6 Å². The van der Waals surface area contributed by atoms with E-state index in [1.165, 1.54) is 11.1 Å². The van der Waals surface area contributed by atoms with Gasteiger partial charge in [-0.25, -0.2) is 9.78 Å². The summed E-state index contributed by atoms with van der Waals surface area (Å²) in [4.78, 5) is 18.9. The quantitative estimate of drug-likeness (QED) is 0.381. The molecule has 2 aliphatic heterocycles. The average molecular weight is 503 g/mol. The van der Waals surface area contributed by atoms with Crippen molar-refractivity contribution in [3.05, 3.63) is 75.9 Å². The van der Waals surface area contributed by atoms with Gasteiger partial charge in [0.25, 0.3) is 0 Å². The number of aryl methyl sites for hydroxylation is 2. The fraction of sp³-hybridized carbons (Fsp3) is 0.393. The van der Waals surface area contributed by atoms with Gasteiger partial charge in [0.2, 0.25) is 0 Å².